The Hall–Kier alpha value is -4.52. The average molecular weight is 582 g/mol. The highest BCUT2D eigenvalue weighted by Gasteiger charge is 2.20. The van der Waals surface area contributed by atoms with Crippen LogP contribution in [0, 0.1) is 0 Å². The minimum Gasteiger partial charge on any atom is -0.493 e. The van der Waals surface area contributed by atoms with Gasteiger partial charge in [0.15, 0.2) is 0 Å². The summed E-state index contributed by atoms with van der Waals surface area (Å²) in [5.41, 5.74) is 8.24. The SMILES string of the molecule is CC(C)N1CCN(Cc2ccc(-c3c[nH]c4ccncc34)c(OCCc3ccc(-c4cccc5ccncc45)cc3)c2)CC1. The number of fused-ring (bicyclic) bond motifs is 2. The third-order valence-corrected chi connectivity index (χ3v) is 8.96. The van der Waals surface area contributed by atoms with E-state index in [0.717, 1.165) is 66.9 Å². The maximum absolute atomic E-state index is 6.60. The van der Waals surface area contributed by atoms with Crippen LogP contribution in [-0.4, -0.2) is 63.6 Å². The molecule has 0 amide bonds. The highest BCUT2D eigenvalue weighted by Crippen LogP contribution is 2.36. The smallest absolute Gasteiger partial charge is 0.127 e. The molecule has 6 aromatic rings. The van der Waals surface area contributed by atoms with E-state index in [-0.39, 0.29) is 0 Å². The molecule has 1 saturated heterocycles. The second-order valence-corrected chi connectivity index (χ2v) is 12.1. The average Bonchev–Trinajstić information content (AvgIpc) is 3.49. The summed E-state index contributed by atoms with van der Waals surface area (Å²) < 4.78 is 6.60. The van der Waals surface area contributed by atoms with Crippen LogP contribution in [0.4, 0.5) is 0 Å². The molecular weight excluding hydrogens is 542 g/mol. The minimum absolute atomic E-state index is 0.599. The third kappa shape index (κ3) is 5.96. The molecule has 1 aliphatic heterocycles. The van der Waals surface area contributed by atoms with E-state index >= 15 is 0 Å². The molecule has 44 heavy (non-hydrogen) atoms. The summed E-state index contributed by atoms with van der Waals surface area (Å²) in [4.78, 5) is 17.3. The van der Waals surface area contributed by atoms with Crippen LogP contribution in [0.15, 0.2) is 104 Å². The number of aromatic nitrogens is 3. The van der Waals surface area contributed by atoms with Crippen LogP contribution < -0.4 is 4.74 Å². The fourth-order valence-corrected chi connectivity index (χ4v) is 6.38. The Labute approximate surface area is 259 Å². The summed E-state index contributed by atoms with van der Waals surface area (Å²) in [6.45, 7) is 10.5. The van der Waals surface area contributed by atoms with Gasteiger partial charge in [0.25, 0.3) is 0 Å². The highest BCUT2D eigenvalue weighted by molar-refractivity contribution is 5.97. The Bertz CT molecular complexity index is 1860. The fraction of sp³-hybridized carbons (Fsp3) is 0.263. The standard InChI is InChI=1S/C38H39N5O/c1-27(2)43-19-17-42(18-20-43)26-29-8-11-33(35-25-41-37-13-16-40-24-36(35)37)38(22-29)44-21-14-28-6-9-31(10-7-28)32-5-3-4-30-12-15-39-23-34(30)32/h3-13,15-16,22-25,27,41H,14,17-21,26H2,1-2H3. The van der Waals surface area contributed by atoms with Crippen molar-refractivity contribution in [3.8, 4) is 28.0 Å². The van der Waals surface area contributed by atoms with E-state index in [4.69, 9.17) is 4.74 Å². The molecule has 0 saturated carbocycles. The molecule has 6 heteroatoms. The lowest BCUT2D eigenvalue weighted by Crippen LogP contribution is -2.48. The van der Waals surface area contributed by atoms with E-state index in [9.17, 15) is 0 Å². The van der Waals surface area contributed by atoms with Gasteiger partial charge in [0.2, 0.25) is 0 Å². The fourth-order valence-electron chi connectivity index (χ4n) is 6.38. The molecule has 0 spiro atoms. The normalized spacial score (nSPS) is 14.5. The Morgan fingerprint density at radius 3 is 2.36 bits per heavy atom. The van der Waals surface area contributed by atoms with Crippen LogP contribution in [-0.2, 0) is 13.0 Å². The second-order valence-electron chi connectivity index (χ2n) is 12.1. The van der Waals surface area contributed by atoms with Crippen molar-refractivity contribution in [3.05, 3.63) is 115 Å². The van der Waals surface area contributed by atoms with E-state index in [1.165, 1.54) is 33.0 Å². The molecule has 0 unspecified atom stereocenters. The number of hydrogen-bond donors (Lipinski definition) is 1. The van der Waals surface area contributed by atoms with Gasteiger partial charge in [-0.15, -0.1) is 0 Å². The first kappa shape index (κ1) is 28.3. The minimum atomic E-state index is 0.599. The number of hydrogen-bond acceptors (Lipinski definition) is 5. The Balaban J connectivity index is 1.09. The van der Waals surface area contributed by atoms with E-state index < -0.39 is 0 Å². The molecule has 222 valence electrons. The first-order valence-corrected chi connectivity index (χ1v) is 15.7. The quantitative estimate of drug-likeness (QED) is 0.191. The summed E-state index contributed by atoms with van der Waals surface area (Å²) in [5, 5.41) is 3.48. The van der Waals surface area contributed by atoms with Gasteiger partial charge in [-0.05, 0) is 59.7 Å². The van der Waals surface area contributed by atoms with Crippen molar-refractivity contribution in [1.82, 2.24) is 24.8 Å². The summed E-state index contributed by atoms with van der Waals surface area (Å²) in [5.74, 6) is 0.924. The molecule has 3 aromatic heterocycles. The molecule has 1 N–H and O–H groups in total. The number of rotatable bonds is 9. The monoisotopic (exact) mass is 581 g/mol. The summed E-state index contributed by atoms with van der Waals surface area (Å²) in [6.07, 6.45) is 10.5. The van der Waals surface area contributed by atoms with Crippen LogP contribution in [0.2, 0.25) is 0 Å². The molecular formula is C38H39N5O. The van der Waals surface area contributed by atoms with Crippen molar-refractivity contribution in [1.29, 1.82) is 0 Å². The molecule has 4 heterocycles. The van der Waals surface area contributed by atoms with E-state index in [0.29, 0.717) is 12.6 Å². The lowest BCUT2D eigenvalue weighted by molar-refractivity contribution is 0.104. The van der Waals surface area contributed by atoms with Crippen LogP contribution in [0.3, 0.4) is 0 Å². The van der Waals surface area contributed by atoms with E-state index in [1.54, 1.807) is 0 Å². The maximum Gasteiger partial charge on any atom is 0.127 e. The first-order valence-electron chi connectivity index (χ1n) is 15.7. The van der Waals surface area contributed by atoms with Gasteiger partial charge < -0.3 is 9.72 Å². The molecule has 0 aliphatic carbocycles. The van der Waals surface area contributed by atoms with Gasteiger partial charge in [0.1, 0.15) is 5.75 Å². The Morgan fingerprint density at radius 2 is 1.55 bits per heavy atom. The maximum atomic E-state index is 6.60. The lowest BCUT2D eigenvalue weighted by atomic mass is 9.98. The van der Waals surface area contributed by atoms with Crippen molar-refractivity contribution in [3.63, 3.8) is 0 Å². The molecule has 1 aliphatic rings. The van der Waals surface area contributed by atoms with Crippen LogP contribution in [0.5, 0.6) is 5.75 Å². The van der Waals surface area contributed by atoms with Gasteiger partial charge in [-0.1, -0.05) is 54.6 Å². The molecule has 1 fully saturated rings. The van der Waals surface area contributed by atoms with Crippen LogP contribution in [0.1, 0.15) is 25.0 Å². The predicted molar refractivity (Wildman–Crippen MR) is 180 cm³/mol. The zero-order valence-corrected chi connectivity index (χ0v) is 25.5. The number of aromatic amines is 1. The van der Waals surface area contributed by atoms with Gasteiger partial charge >= 0.3 is 0 Å². The topological polar surface area (TPSA) is 57.3 Å². The molecule has 0 bridgehead atoms. The zero-order valence-electron chi connectivity index (χ0n) is 25.5. The predicted octanol–water partition coefficient (Wildman–Crippen LogP) is 7.59. The molecule has 6 nitrogen and oxygen atoms in total. The van der Waals surface area contributed by atoms with Crippen molar-refractivity contribution in [2.24, 2.45) is 0 Å². The van der Waals surface area contributed by atoms with Crippen molar-refractivity contribution in [2.75, 3.05) is 32.8 Å². The van der Waals surface area contributed by atoms with Gasteiger partial charge in [-0.25, -0.2) is 0 Å². The number of benzene rings is 3. The van der Waals surface area contributed by atoms with Gasteiger partial charge in [-0.2, -0.15) is 0 Å². The number of nitrogens with zero attached hydrogens (tertiary/aromatic N) is 4. The number of H-pyrrole nitrogens is 1. The number of piperazine rings is 1. The molecule has 3 aromatic carbocycles. The van der Waals surface area contributed by atoms with Crippen LogP contribution >= 0.6 is 0 Å². The summed E-state index contributed by atoms with van der Waals surface area (Å²) in [7, 11) is 0. The van der Waals surface area contributed by atoms with Gasteiger partial charge in [0.05, 0.1) is 6.61 Å². The Morgan fingerprint density at radius 1 is 0.773 bits per heavy atom. The largest absolute Gasteiger partial charge is 0.493 e. The van der Waals surface area contributed by atoms with Crippen LogP contribution in [0.25, 0.3) is 43.9 Å². The number of nitrogens with one attached hydrogen (secondary N) is 1. The Kier molecular flexibility index (Phi) is 8.10. The highest BCUT2D eigenvalue weighted by atomic mass is 16.5. The number of pyridine rings is 2. The first-order chi connectivity index (χ1) is 21.6. The molecule has 0 atom stereocenters. The second kappa shape index (κ2) is 12.6. The van der Waals surface area contributed by atoms with Crippen molar-refractivity contribution < 1.29 is 4.74 Å². The van der Waals surface area contributed by atoms with Crippen molar-refractivity contribution >= 4 is 21.7 Å². The molecule has 0 radical (unpaired) electrons. The number of ether oxygens (including phenoxy) is 1. The van der Waals surface area contributed by atoms with E-state index in [1.807, 2.05) is 30.9 Å². The molecule has 7 rings (SSSR count). The van der Waals surface area contributed by atoms with Gasteiger partial charge in [0, 0.05) is 104 Å². The summed E-state index contributed by atoms with van der Waals surface area (Å²) >= 11 is 0. The van der Waals surface area contributed by atoms with E-state index in [2.05, 4.69) is 112 Å². The lowest BCUT2D eigenvalue weighted by Gasteiger charge is -2.37. The van der Waals surface area contributed by atoms with Gasteiger partial charge in [-0.3, -0.25) is 19.8 Å². The third-order valence-electron chi connectivity index (χ3n) is 8.96. The van der Waals surface area contributed by atoms with Crippen molar-refractivity contribution in [2.45, 2.75) is 32.9 Å². The summed E-state index contributed by atoms with van der Waals surface area (Å²) in [6, 6.07) is 26.7. The zero-order chi connectivity index (χ0) is 29.9.